The molecule has 0 radical (unpaired) electrons. The average molecular weight is 243 g/mol. The first-order valence-corrected chi connectivity index (χ1v) is 6.53. The van der Waals surface area contributed by atoms with Gasteiger partial charge in [-0.3, -0.25) is 0 Å². The number of nitrogens with one attached hydrogen (secondary N) is 1. The second-order valence-electron chi connectivity index (χ2n) is 3.79. The lowest BCUT2D eigenvalue weighted by atomic mass is 10.3. The van der Waals surface area contributed by atoms with Gasteiger partial charge in [0.25, 0.3) is 0 Å². The zero-order chi connectivity index (χ0) is 10.7. The van der Waals surface area contributed by atoms with Gasteiger partial charge >= 0.3 is 0 Å². The second kappa shape index (κ2) is 5.10. The number of rotatable bonds is 3. The Morgan fingerprint density at radius 2 is 2.40 bits per heavy atom. The molecule has 0 aliphatic carbocycles. The first kappa shape index (κ1) is 11.1. The van der Waals surface area contributed by atoms with E-state index in [0.717, 1.165) is 27.9 Å². The quantitative estimate of drug-likeness (QED) is 0.632. The van der Waals surface area contributed by atoms with E-state index in [1.54, 1.807) is 11.8 Å². The van der Waals surface area contributed by atoms with E-state index >= 15 is 0 Å². The molecule has 0 unspecified atom stereocenters. The van der Waals surface area contributed by atoms with Crippen LogP contribution in [-0.2, 0) is 0 Å². The summed E-state index contributed by atoms with van der Waals surface area (Å²) in [5.74, 6) is 1.07. The van der Waals surface area contributed by atoms with Crippen molar-refractivity contribution in [3.63, 3.8) is 0 Å². The van der Waals surface area contributed by atoms with E-state index in [9.17, 15) is 0 Å². The molecule has 0 amide bonds. The van der Waals surface area contributed by atoms with Crippen LogP contribution in [0.2, 0.25) is 5.02 Å². The molecular weight excluding hydrogens is 228 g/mol. The van der Waals surface area contributed by atoms with Gasteiger partial charge in [-0.05, 0) is 37.6 Å². The van der Waals surface area contributed by atoms with E-state index in [0.29, 0.717) is 6.04 Å². The lowest BCUT2D eigenvalue weighted by Crippen LogP contribution is -2.23. The zero-order valence-electron chi connectivity index (χ0n) is 8.50. The van der Waals surface area contributed by atoms with Gasteiger partial charge in [-0.15, -0.1) is 11.8 Å². The number of benzene rings is 1. The predicted octanol–water partition coefficient (Wildman–Crippen LogP) is 2.77. The Hall–Kier alpha value is -0.380. The minimum absolute atomic E-state index is 0.633. The van der Waals surface area contributed by atoms with Crippen LogP contribution in [0.1, 0.15) is 12.8 Å². The number of thioether (sulfide) groups is 1. The van der Waals surface area contributed by atoms with Crippen molar-refractivity contribution in [2.45, 2.75) is 23.8 Å². The fraction of sp³-hybridized carbons (Fsp3) is 0.455. The molecule has 1 atom stereocenters. The van der Waals surface area contributed by atoms with Crippen molar-refractivity contribution in [2.75, 3.05) is 18.0 Å². The molecule has 15 heavy (non-hydrogen) atoms. The monoisotopic (exact) mass is 242 g/mol. The minimum atomic E-state index is 0.633. The maximum absolute atomic E-state index is 5.93. The van der Waals surface area contributed by atoms with Crippen LogP contribution in [0, 0.1) is 0 Å². The second-order valence-corrected chi connectivity index (χ2v) is 5.28. The van der Waals surface area contributed by atoms with Gasteiger partial charge in [-0.25, -0.2) is 0 Å². The topological polar surface area (TPSA) is 38.0 Å². The number of anilines is 1. The molecule has 0 bridgehead atoms. The molecule has 1 aliphatic heterocycles. The zero-order valence-corrected chi connectivity index (χ0v) is 10.1. The number of nitrogens with two attached hydrogens (primary N) is 1. The van der Waals surface area contributed by atoms with Crippen LogP contribution in [0.25, 0.3) is 0 Å². The number of hydrogen-bond donors (Lipinski definition) is 2. The van der Waals surface area contributed by atoms with Gasteiger partial charge in [0.05, 0.1) is 0 Å². The van der Waals surface area contributed by atoms with Gasteiger partial charge in [-0.1, -0.05) is 11.6 Å². The Balaban J connectivity index is 1.94. The molecule has 2 nitrogen and oxygen atoms in total. The van der Waals surface area contributed by atoms with Crippen molar-refractivity contribution < 1.29 is 0 Å². The number of hydrogen-bond acceptors (Lipinski definition) is 3. The Bertz CT molecular complexity index is 337. The summed E-state index contributed by atoms with van der Waals surface area (Å²) in [5, 5.41) is 4.22. The Morgan fingerprint density at radius 1 is 1.53 bits per heavy atom. The highest BCUT2D eigenvalue weighted by atomic mass is 35.5. The van der Waals surface area contributed by atoms with Gasteiger partial charge in [0.2, 0.25) is 0 Å². The van der Waals surface area contributed by atoms with Crippen molar-refractivity contribution in [3.05, 3.63) is 23.2 Å². The molecule has 1 heterocycles. The molecule has 1 aromatic carbocycles. The molecule has 1 saturated heterocycles. The van der Waals surface area contributed by atoms with Gasteiger partial charge in [0.1, 0.15) is 0 Å². The van der Waals surface area contributed by atoms with E-state index in [2.05, 4.69) is 5.32 Å². The third-order valence-corrected chi connectivity index (χ3v) is 4.05. The number of halogens is 1. The van der Waals surface area contributed by atoms with Crippen molar-refractivity contribution in [3.8, 4) is 0 Å². The highest BCUT2D eigenvalue weighted by Gasteiger charge is 2.14. The van der Waals surface area contributed by atoms with Crippen LogP contribution in [0.4, 0.5) is 5.69 Å². The summed E-state index contributed by atoms with van der Waals surface area (Å²) < 4.78 is 0. The molecular formula is C11H15ClN2S. The fourth-order valence-electron chi connectivity index (χ4n) is 1.72. The van der Waals surface area contributed by atoms with Crippen molar-refractivity contribution >= 4 is 29.1 Å². The summed E-state index contributed by atoms with van der Waals surface area (Å²) in [5.41, 5.74) is 6.70. The lowest BCUT2D eigenvalue weighted by molar-refractivity contribution is 0.674. The van der Waals surface area contributed by atoms with Gasteiger partial charge < -0.3 is 11.1 Å². The fourth-order valence-corrected chi connectivity index (χ4v) is 3.07. The third-order valence-electron chi connectivity index (χ3n) is 2.58. The van der Waals surface area contributed by atoms with Crippen LogP contribution < -0.4 is 11.1 Å². The SMILES string of the molecule is Nc1ccc(Cl)cc1SC[C@H]1CCCN1. The molecule has 2 rings (SSSR count). The standard InChI is InChI=1S/C11H15ClN2S/c12-8-3-4-10(13)11(6-8)15-7-9-2-1-5-14-9/h3-4,6,9,14H,1-2,5,7,13H2/t9-/m1/s1. The van der Waals surface area contributed by atoms with E-state index < -0.39 is 0 Å². The molecule has 3 N–H and O–H groups in total. The molecule has 0 aromatic heterocycles. The largest absolute Gasteiger partial charge is 0.398 e. The Morgan fingerprint density at radius 3 is 3.13 bits per heavy atom. The third kappa shape index (κ3) is 3.03. The molecule has 0 saturated carbocycles. The minimum Gasteiger partial charge on any atom is -0.398 e. The average Bonchev–Trinajstić information content (AvgIpc) is 2.72. The highest BCUT2D eigenvalue weighted by molar-refractivity contribution is 7.99. The van der Waals surface area contributed by atoms with Crippen molar-refractivity contribution in [2.24, 2.45) is 0 Å². The summed E-state index contributed by atoms with van der Waals surface area (Å²) in [6, 6.07) is 6.27. The van der Waals surface area contributed by atoms with Crippen LogP contribution in [-0.4, -0.2) is 18.3 Å². The lowest BCUT2D eigenvalue weighted by Gasteiger charge is -2.10. The molecule has 82 valence electrons. The summed E-state index contributed by atoms with van der Waals surface area (Å²) >= 11 is 7.71. The van der Waals surface area contributed by atoms with E-state index in [-0.39, 0.29) is 0 Å². The Labute approximate surface area is 99.6 Å². The summed E-state index contributed by atoms with van der Waals surface area (Å²) in [7, 11) is 0. The summed E-state index contributed by atoms with van der Waals surface area (Å²) in [6.45, 7) is 1.15. The molecule has 1 aromatic rings. The van der Waals surface area contributed by atoms with Gasteiger partial charge in [0.15, 0.2) is 0 Å². The van der Waals surface area contributed by atoms with Crippen molar-refractivity contribution in [1.29, 1.82) is 0 Å². The van der Waals surface area contributed by atoms with E-state index in [1.807, 2.05) is 18.2 Å². The summed E-state index contributed by atoms with van der Waals surface area (Å²) in [4.78, 5) is 1.09. The molecule has 1 aliphatic rings. The first-order valence-electron chi connectivity index (χ1n) is 5.17. The summed E-state index contributed by atoms with van der Waals surface area (Å²) in [6.07, 6.45) is 2.56. The van der Waals surface area contributed by atoms with Crippen molar-refractivity contribution in [1.82, 2.24) is 5.32 Å². The van der Waals surface area contributed by atoms with Crippen LogP contribution >= 0.6 is 23.4 Å². The highest BCUT2D eigenvalue weighted by Crippen LogP contribution is 2.29. The Kier molecular flexibility index (Phi) is 3.78. The normalized spacial score (nSPS) is 20.7. The maximum Gasteiger partial charge on any atom is 0.0453 e. The predicted molar refractivity (Wildman–Crippen MR) is 67.6 cm³/mol. The van der Waals surface area contributed by atoms with Gasteiger partial charge in [0, 0.05) is 27.4 Å². The molecule has 0 spiro atoms. The smallest absolute Gasteiger partial charge is 0.0453 e. The van der Waals surface area contributed by atoms with E-state index in [1.165, 1.54) is 12.8 Å². The maximum atomic E-state index is 5.93. The van der Waals surface area contributed by atoms with Gasteiger partial charge in [-0.2, -0.15) is 0 Å². The molecule has 4 heteroatoms. The van der Waals surface area contributed by atoms with Crippen LogP contribution in [0.5, 0.6) is 0 Å². The van der Waals surface area contributed by atoms with Crippen LogP contribution in [0.15, 0.2) is 23.1 Å². The molecule has 1 fully saturated rings. The van der Waals surface area contributed by atoms with E-state index in [4.69, 9.17) is 17.3 Å². The van der Waals surface area contributed by atoms with Crippen LogP contribution in [0.3, 0.4) is 0 Å². The number of nitrogen functional groups attached to an aromatic ring is 1. The first-order chi connectivity index (χ1) is 7.25.